The van der Waals surface area contributed by atoms with Gasteiger partial charge in [0.05, 0.1) is 5.69 Å². The maximum absolute atomic E-state index is 4.64. The van der Waals surface area contributed by atoms with Crippen molar-refractivity contribution in [3.63, 3.8) is 0 Å². The fourth-order valence-corrected chi connectivity index (χ4v) is 4.13. The van der Waals surface area contributed by atoms with Gasteiger partial charge in [-0.15, -0.1) is 0 Å². The number of rotatable bonds is 6. The SMILES string of the molecule is CCc1ccccc1-c1ncncc1CCC1CCC(CC)CC1. The minimum Gasteiger partial charge on any atom is -0.244 e. The normalized spacial score (nSPS) is 20.9. The molecule has 128 valence electrons. The lowest BCUT2D eigenvalue weighted by Crippen LogP contribution is -2.14. The van der Waals surface area contributed by atoms with Crippen LogP contribution in [-0.4, -0.2) is 9.97 Å². The number of hydrogen-bond acceptors (Lipinski definition) is 2. The molecule has 0 saturated heterocycles. The van der Waals surface area contributed by atoms with Gasteiger partial charge >= 0.3 is 0 Å². The van der Waals surface area contributed by atoms with Crippen LogP contribution < -0.4 is 0 Å². The van der Waals surface area contributed by atoms with E-state index in [1.165, 1.54) is 55.2 Å². The third kappa shape index (κ3) is 4.03. The number of aromatic nitrogens is 2. The van der Waals surface area contributed by atoms with Crippen molar-refractivity contribution in [3.05, 3.63) is 47.9 Å². The van der Waals surface area contributed by atoms with Gasteiger partial charge in [-0.05, 0) is 42.2 Å². The molecular formula is C22H30N2. The second-order valence-corrected chi connectivity index (χ2v) is 7.24. The number of benzene rings is 1. The summed E-state index contributed by atoms with van der Waals surface area (Å²) in [5.74, 6) is 1.87. The average Bonchev–Trinajstić information content (AvgIpc) is 2.67. The smallest absolute Gasteiger partial charge is 0.116 e. The lowest BCUT2D eigenvalue weighted by atomic mass is 9.78. The maximum atomic E-state index is 4.64. The van der Waals surface area contributed by atoms with Crippen LogP contribution in [0.1, 0.15) is 63.5 Å². The maximum Gasteiger partial charge on any atom is 0.116 e. The first-order valence-electron chi connectivity index (χ1n) is 9.69. The van der Waals surface area contributed by atoms with Gasteiger partial charge in [-0.3, -0.25) is 0 Å². The Morgan fingerprint density at radius 2 is 1.71 bits per heavy atom. The third-order valence-corrected chi connectivity index (χ3v) is 5.81. The highest BCUT2D eigenvalue weighted by Gasteiger charge is 2.20. The van der Waals surface area contributed by atoms with E-state index in [0.717, 1.165) is 30.4 Å². The summed E-state index contributed by atoms with van der Waals surface area (Å²) in [6.45, 7) is 4.55. The molecule has 1 aliphatic rings. The first-order valence-corrected chi connectivity index (χ1v) is 9.69. The van der Waals surface area contributed by atoms with Gasteiger partial charge in [-0.25, -0.2) is 9.97 Å². The summed E-state index contributed by atoms with van der Waals surface area (Å²) in [5.41, 5.74) is 5.12. The molecule has 1 heterocycles. The molecule has 0 unspecified atom stereocenters. The standard InChI is InChI=1S/C22H30N2/c1-3-17-9-11-18(12-10-17)13-14-20-15-23-16-24-22(20)21-8-6-5-7-19(21)4-2/h5-8,15-18H,3-4,9-14H2,1-2H3. The van der Waals surface area contributed by atoms with Crippen LogP contribution in [0.3, 0.4) is 0 Å². The second-order valence-electron chi connectivity index (χ2n) is 7.24. The zero-order valence-electron chi connectivity index (χ0n) is 15.2. The topological polar surface area (TPSA) is 25.8 Å². The Balaban J connectivity index is 1.71. The molecule has 1 saturated carbocycles. The molecule has 1 aliphatic carbocycles. The Kier molecular flexibility index (Phi) is 6.01. The molecule has 2 heteroatoms. The summed E-state index contributed by atoms with van der Waals surface area (Å²) in [6, 6.07) is 8.66. The molecule has 1 fully saturated rings. The van der Waals surface area contributed by atoms with Gasteiger partial charge in [0.2, 0.25) is 0 Å². The van der Waals surface area contributed by atoms with Crippen molar-refractivity contribution in [1.82, 2.24) is 9.97 Å². The van der Waals surface area contributed by atoms with Gasteiger partial charge in [-0.2, -0.15) is 0 Å². The van der Waals surface area contributed by atoms with Crippen molar-refractivity contribution >= 4 is 0 Å². The van der Waals surface area contributed by atoms with Crippen LogP contribution in [0, 0.1) is 11.8 Å². The molecule has 1 aromatic carbocycles. The summed E-state index contributed by atoms with van der Waals surface area (Å²) in [4.78, 5) is 8.94. The van der Waals surface area contributed by atoms with Gasteiger partial charge in [0.1, 0.15) is 6.33 Å². The van der Waals surface area contributed by atoms with Crippen molar-refractivity contribution in [2.24, 2.45) is 11.8 Å². The van der Waals surface area contributed by atoms with Crippen LogP contribution in [0.25, 0.3) is 11.3 Å². The molecular weight excluding hydrogens is 292 g/mol. The molecule has 0 radical (unpaired) electrons. The summed E-state index contributed by atoms with van der Waals surface area (Å²) >= 11 is 0. The molecule has 0 aliphatic heterocycles. The third-order valence-electron chi connectivity index (χ3n) is 5.81. The minimum absolute atomic E-state index is 0.891. The van der Waals surface area contributed by atoms with Crippen LogP contribution >= 0.6 is 0 Å². The predicted molar refractivity (Wildman–Crippen MR) is 101 cm³/mol. The summed E-state index contributed by atoms with van der Waals surface area (Å²) in [7, 11) is 0. The quantitative estimate of drug-likeness (QED) is 0.666. The average molecular weight is 322 g/mol. The molecule has 2 aromatic rings. The van der Waals surface area contributed by atoms with Crippen molar-refractivity contribution in [2.45, 2.75) is 65.2 Å². The molecule has 0 bridgehead atoms. The van der Waals surface area contributed by atoms with Gasteiger partial charge in [-0.1, -0.05) is 70.2 Å². The van der Waals surface area contributed by atoms with Crippen LogP contribution in [0.5, 0.6) is 0 Å². The molecule has 1 aromatic heterocycles. The lowest BCUT2D eigenvalue weighted by Gasteiger charge is -2.27. The summed E-state index contributed by atoms with van der Waals surface area (Å²) < 4.78 is 0. The largest absolute Gasteiger partial charge is 0.244 e. The van der Waals surface area contributed by atoms with Crippen molar-refractivity contribution in [1.29, 1.82) is 0 Å². The van der Waals surface area contributed by atoms with Crippen molar-refractivity contribution in [2.75, 3.05) is 0 Å². The predicted octanol–water partition coefficient (Wildman–Crippen LogP) is 5.86. The van der Waals surface area contributed by atoms with E-state index in [-0.39, 0.29) is 0 Å². The lowest BCUT2D eigenvalue weighted by molar-refractivity contribution is 0.259. The highest BCUT2D eigenvalue weighted by molar-refractivity contribution is 5.66. The first kappa shape index (κ1) is 17.1. The Labute approximate surface area is 146 Å². The Morgan fingerprint density at radius 3 is 2.46 bits per heavy atom. The molecule has 2 nitrogen and oxygen atoms in total. The van der Waals surface area contributed by atoms with E-state index in [2.05, 4.69) is 48.1 Å². The van der Waals surface area contributed by atoms with E-state index < -0.39 is 0 Å². The number of hydrogen-bond donors (Lipinski definition) is 0. The first-order chi connectivity index (χ1) is 11.8. The Bertz CT molecular complexity index is 642. The van der Waals surface area contributed by atoms with E-state index in [1.54, 1.807) is 6.33 Å². The van der Waals surface area contributed by atoms with Crippen LogP contribution in [-0.2, 0) is 12.8 Å². The molecule has 0 N–H and O–H groups in total. The zero-order valence-corrected chi connectivity index (χ0v) is 15.2. The second kappa shape index (κ2) is 8.41. The number of aryl methyl sites for hydroxylation is 2. The van der Waals surface area contributed by atoms with E-state index in [0.29, 0.717) is 0 Å². The van der Waals surface area contributed by atoms with E-state index in [9.17, 15) is 0 Å². The Morgan fingerprint density at radius 1 is 0.958 bits per heavy atom. The molecule has 3 rings (SSSR count). The van der Waals surface area contributed by atoms with Crippen LogP contribution in [0.4, 0.5) is 0 Å². The highest BCUT2D eigenvalue weighted by atomic mass is 14.8. The zero-order chi connectivity index (χ0) is 16.8. The minimum atomic E-state index is 0.891. The summed E-state index contributed by atoms with van der Waals surface area (Å²) in [5, 5.41) is 0. The van der Waals surface area contributed by atoms with Crippen molar-refractivity contribution in [3.8, 4) is 11.3 Å². The Hall–Kier alpha value is -1.70. The van der Waals surface area contributed by atoms with Crippen molar-refractivity contribution < 1.29 is 0 Å². The fraction of sp³-hybridized carbons (Fsp3) is 0.545. The van der Waals surface area contributed by atoms with Crippen LogP contribution in [0.15, 0.2) is 36.8 Å². The van der Waals surface area contributed by atoms with Gasteiger partial charge in [0.25, 0.3) is 0 Å². The van der Waals surface area contributed by atoms with E-state index in [4.69, 9.17) is 0 Å². The van der Waals surface area contributed by atoms with E-state index >= 15 is 0 Å². The van der Waals surface area contributed by atoms with E-state index in [1.807, 2.05) is 6.20 Å². The fourth-order valence-electron chi connectivity index (χ4n) is 4.13. The molecule has 0 amide bonds. The van der Waals surface area contributed by atoms with Gasteiger partial charge in [0.15, 0.2) is 0 Å². The molecule has 0 atom stereocenters. The number of nitrogens with zero attached hydrogens (tertiary/aromatic N) is 2. The van der Waals surface area contributed by atoms with Crippen LogP contribution in [0.2, 0.25) is 0 Å². The monoisotopic (exact) mass is 322 g/mol. The van der Waals surface area contributed by atoms with Gasteiger partial charge < -0.3 is 0 Å². The van der Waals surface area contributed by atoms with Gasteiger partial charge in [0, 0.05) is 11.8 Å². The molecule has 24 heavy (non-hydrogen) atoms. The summed E-state index contributed by atoms with van der Waals surface area (Å²) in [6.07, 6.45) is 14.2. The highest BCUT2D eigenvalue weighted by Crippen LogP contribution is 2.34. The molecule has 0 spiro atoms.